The zero-order valence-electron chi connectivity index (χ0n) is 11.4. The van der Waals surface area contributed by atoms with E-state index >= 15 is 0 Å². The Balaban J connectivity index is 1.93. The van der Waals surface area contributed by atoms with Gasteiger partial charge in [-0.2, -0.15) is 0 Å². The van der Waals surface area contributed by atoms with E-state index in [0.717, 1.165) is 6.42 Å². The van der Waals surface area contributed by atoms with Gasteiger partial charge >= 0.3 is 0 Å². The van der Waals surface area contributed by atoms with Gasteiger partial charge in [-0.15, -0.1) is 0 Å². The van der Waals surface area contributed by atoms with Crippen LogP contribution in [0.4, 0.5) is 5.95 Å². The molecule has 3 rings (SSSR count). The molecule has 2 aromatic rings. The largest absolute Gasteiger partial charge is 0.347 e. The van der Waals surface area contributed by atoms with E-state index in [-0.39, 0.29) is 5.41 Å². The number of hydrogen-bond donors (Lipinski definition) is 1. The molecule has 1 aliphatic rings. The number of hydrogen-bond acceptors (Lipinski definition) is 3. The normalized spacial score (nSPS) is 20.6. The van der Waals surface area contributed by atoms with Crippen molar-refractivity contribution < 1.29 is 0 Å². The highest BCUT2D eigenvalue weighted by Crippen LogP contribution is 2.42. The van der Waals surface area contributed by atoms with Crippen molar-refractivity contribution in [2.45, 2.75) is 38.1 Å². The molecule has 0 saturated carbocycles. The third kappa shape index (κ3) is 2.33. The Morgan fingerprint density at radius 2 is 1.84 bits per heavy atom. The Morgan fingerprint density at radius 3 is 2.63 bits per heavy atom. The molecular weight excluding hydrogens is 234 g/mol. The minimum Gasteiger partial charge on any atom is -0.347 e. The molecule has 1 heterocycles. The maximum atomic E-state index is 4.26. The van der Waals surface area contributed by atoms with Gasteiger partial charge in [-0.25, -0.2) is 9.97 Å². The number of nitrogens with zero attached hydrogens (tertiary/aromatic N) is 2. The molecule has 0 amide bonds. The second-order valence-corrected chi connectivity index (χ2v) is 5.78. The summed E-state index contributed by atoms with van der Waals surface area (Å²) in [6.45, 7) is 4.64. The van der Waals surface area contributed by atoms with Crippen molar-refractivity contribution in [3.05, 3.63) is 53.9 Å². The molecule has 0 aliphatic heterocycles. The maximum Gasteiger partial charge on any atom is 0.223 e. The van der Waals surface area contributed by atoms with Gasteiger partial charge in [-0.05, 0) is 35.4 Å². The summed E-state index contributed by atoms with van der Waals surface area (Å²) in [4.78, 5) is 8.52. The Labute approximate surface area is 114 Å². The van der Waals surface area contributed by atoms with Crippen LogP contribution in [0, 0.1) is 0 Å². The van der Waals surface area contributed by atoms with E-state index in [9.17, 15) is 0 Å². The summed E-state index contributed by atoms with van der Waals surface area (Å²) in [6, 6.07) is 10.9. The first-order valence-corrected chi connectivity index (χ1v) is 6.80. The lowest BCUT2D eigenvalue weighted by Gasteiger charge is -2.37. The van der Waals surface area contributed by atoms with Crippen LogP contribution in [0.2, 0.25) is 0 Å². The molecule has 0 bridgehead atoms. The second-order valence-electron chi connectivity index (χ2n) is 5.78. The summed E-state index contributed by atoms with van der Waals surface area (Å²) in [7, 11) is 0. The highest BCUT2D eigenvalue weighted by Gasteiger charge is 2.32. The van der Waals surface area contributed by atoms with Crippen LogP contribution in [0.3, 0.4) is 0 Å². The van der Waals surface area contributed by atoms with Gasteiger partial charge in [0.25, 0.3) is 0 Å². The summed E-state index contributed by atoms with van der Waals surface area (Å²) in [5.74, 6) is 0.710. The Kier molecular flexibility index (Phi) is 2.97. The molecule has 1 aromatic carbocycles. The van der Waals surface area contributed by atoms with Crippen LogP contribution in [0.1, 0.15) is 43.9 Å². The van der Waals surface area contributed by atoms with E-state index in [4.69, 9.17) is 0 Å². The third-order valence-corrected chi connectivity index (χ3v) is 3.99. The van der Waals surface area contributed by atoms with Gasteiger partial charge in [0.2, 0.25) is 5.95 Å². The van der Waals surface area contributed by atoms with Crippen molar-refractivity contribution in [1.29, 1.82) is 0 Å². The third-order valence-electron chi connectivity index (χ3n) is 3.99. The van der Waals surface area contributed by atoms with Gasteiger partial charge < -0.3 is 5.32 Å². The minimum absolute atomic E-state index is 0.256. The molecule has 3 nitrogen and oxygen atoms in total. The summed E-state index contributed by atoms with van der Waals surface area (Å²) in [6.07, 6.45) is 5.83. The van der Waals surface area contributed by atoms with Crippen LogP contribution in [0.25, 0.3) is 0 Å². The predicted molar refractivity (Wildman–Crippen MR) is 77.1 cm³/mol. The fourth-order valence-corrected chi connectivity index (χ4v) is 2.89. The standard InChI is InChI=1S/C16H19N3/c1-16(2)9-8-14(12-6-3-4-7-13(12)16)19-15-17-10-5-11-18-15/h3-7,10-11,14H,8-9H2,1-2H3,(H,17,18,19)/t14-/m0/s1. The molecule has 1 atom stereocenters. The van der Waals surface area contributed by atoms with E-state index < -0.39 is 0 Å². The van der Waals surface area contributed by atoms with E-state index in [0.29, 0.717) is 12.0 Å². The van der Waals surface area contributed by atoms with Crippen LogP contribution in [0.5, 0.6) is 0 Å². The van der Waals surface area contributed by atoms with E-state index in [1.807, 2.05) is 6.07 Å². The van der Waals surface area contributed by atoms with Gasteiger partial charge in [0.15, 0.2) is 0 Å². The molecule has 0 radical (unpaired) electrons. The molecule has 0 saturated heterocycles. The van der Waals surface area contributed by atoms with Crippen molar-refractivity contribution in [2.75, 3.05) is 5.32 Å². The Bertz CT molecular complexity index is 563. The van der Waals surface area contributed by atoms with Crippen LogP contribution in [0.15, 0.2) is 42.7 Å². The molecule has 19 heavy (non-hydrogen) atoms. The molecule has 0 unspecified atom stereocenters. The fourth-order valence-electron chi connectivity index (χ4n) is 2.89. The molecule has 1 N–H and O–H groups in total. The fraction of sp³-hybridized carbons (Fsp3) is 0.375. The van der Waals surface area contributed by atoms with Gasteiger partial charge in [0.05, 0.1) is 6.04 Å². The second kappa shape index (κ2) is 4.65. The van der Waals surface area contributed by atoms with Crippen molar-refractivity contribution in [3.63, 3.8) is 0 Å². The first kappa shape index (κ1) is 12.2. The number of fused-ring (bicyclic) bond motifs is 1. The van der Waals surface area contributed by atoms with Gasteiger partial charge in [0, 0.05) is 12.4 Å². The smallest absolute Gasteiger partial charge is 0.223 e. The molecule has 1 aliphatic carbocycles. The molecule has 98 valence electrons. The average Bonchev–Trinajstić information content (AvgIpc) is 2.44. The zero-order valence-corrected chi connectivity index (χ0v) is 11.4. The first-order valence-electron chi connectivity index (χ1n) is 6.80. The number of aromatic nitrogens is 2. The molecule has 1 aromatic heterocycles. The topological polar surface area (TPSA) is 37.8 Å². The maximum absolute atomic E-state index is 4.26. The number of rotatable bonds is 2. The van der Waals surface area contributed by atoms with Gasteiger partial charge in [0.1, 0.15) is 0 Å². The lowest BCUT2D eigenvalue weighted by molar-refractivity contribution is 0.405. The first-order chi connectivity index (χ1) is 9.17. The summed E-state index contributed by atoms with van der Waals surface area (Å²) in [5.41, 5.74) is 3.08. The average molecular weight is 253 g/mol. The molecule has 0 fully saturated rings. The lowest BCUT2D eigenvalue weighted by atomic mass is 9.71. The summed E-state index contributed by atoms with van der Waals surface area (Å²) >= 11 is 0. The Hall–Kier alpha value is -1.90. The van der Waals surface area contributed by atoms with Gasteiger partial charge in [-0.1, -0.05) is 38.1 Å². The zero-order chi connectivity index (χ0) is 13.3. The minimum atomic E-state index is 0.256. The van der Waals surface area contributed by atoms with E-state index in [1.54, 1.807) is 12.4 Å². The molecule has 3 heteroatoms. The highest BCUT2D eigenvalue weighted by molar-refractivity contribution is 5.42. The molecular formula is C16H19N3. The van der Waals surface area contributed by atoms with Crippen LogP contribution >= 0.6 is 0 Å². The lowest BCUT2D eigenvalue weighted by Crippen LogP contribution is -2.29. The van der Waals surface area contributed by atoms with E-state index in [2.05, 4.69) is 53.4 Å². The van der Waals surface area contributed by atoms with Crippen LogP contribution in [-0.2, 0) is 5.41 Å². The number of benzene rings is 1. The number of anilines is 1. The van der Waals surface area contributed by atoms with Crippen molar-refractivity contribution >= 4 is 5.95 Å². The van der Waals surface area contributed by atoms with Crippen LogP contribution < -0.4 is 5.32 Å². The summed E-state index contributed by atoms with van der Waals surface area (Å²) in [5, 5.41) is 3.45. The SMILES string of the molecule is CC1(C)CC[C@H](Nc2ncccn2)c2ccccc21. The van der Waals surface area contributed by atoms with Crippen LogP contribution in [-0.4, -0.2) is 9.97 Å². The van der Waals surface area contributed by atoms with Crippen molar-refractivity contribution in [3.8, 4) is 0 Å². The monoisotopic (exact) mass is 253 g/mol. The van der Waals surface area contributed by atoms with Gasteiger partial charge in [-0.3, -0.25) is 0 Å². The van der Waals surface area contributed by atoms with Crippen molar-refractivity contribution in [1.82, 2.24) is 9.97 Å². The predicted octanol–water partition coefficient (Wildman–Crippen LogP) is 3.70. The summed E-state index contributed by atoms with van der Waals surface area (Å²) < 4.78 is 0. The van der Waals surface area contributed by atoms with Crippen molar-refractivity contribution in [2.24, 2.45) is 0 Å². The Morgan fingerprint density at radius 1 is 1.11 bits per heavy atom. The number of nitrogens with one attached hydrogen (secondary N) is 1. The molecule has 0 spiro atoms. The highest BCUT2D eigenvalue weighted by atomic mass is 15.1. The van der Waals surface area contributed by atoms with E-state index in [1.165, 1.54) is 17.5 Å². The quantitative estimate of drug-likeness (QED) is 0.886.